The van der Waals surface area contributed by atoms with E-state index in [2.05, 4.69) is 19.2 Å². The zero-order chi connectivity index (χ0) is 36.9. The average molecular weight is 721 g/mol. The van der Waals surface area contributed by atoms with Gasteiger partial charge in [-0.05, 0) is 18.4 Å². The molecule has 5 atom stereocenters. The summed E-state index contributed by atoms with van der Waals surface area (Å²) in [6, 6.07) is 7.98. The predicted molar refractivity (Wildman–Crippen MR) is 202 cm³/mol. The second-order valence-corrected chi connectivity index (χ2v) is 14.3. The molecule has 294 valence electrons. The van der Waals surface area contributed by atoms with E-state index in [0.29, 0.717) is 6.42 Å². The van der Waals surface area contributed by atoms with Gasteiger partial charge in [0.15, 0.2) is 6.23 Å². The SMILES string of the molecule is CCCCCCCCCCCCCCN(C(=O)OCCCCCCCCCCCC)[C@@H]1O[C@H](CO)[C@H](O)[C@H](O)[C@H]1NC(=O)OCc1ccccc1. The van der Waals surface area contributed by atoms with Crippen molar-refractivity contribution in [3.05, 3.63) is 35.9 Å². The number of carbonyl (C=O) groups is 2. The predicted octanol–water partition coefficient (Wildman–Crippen LogP) is 8.78. The van der Waals surface area contributed by atoms with Crippen molar-refractivity contribution in [3.8, 4) is 0 Å². The Bertz CT molecular complexity index is 999. The zero-order valence-corrected chi connectivity index (χ0v) is 32.0. The number of rotatable bonds is 29. The topological polar surface area (TPSA) is 138 Å². The molecule has 1 saturated heterocycles. The fourth-order valence-electron chi connectivity index (χ4n) is 6.70. The Labute approximate surface area is 309 Å². The summed E-state index contributed by atoms with van der Waals surface area (Å²) in [6.07, 6.45) is 18.9. The molecule has 0 spiro atoms. The molecule has 51 heavy (non-hydrogen) atoms. The van der Waals surface area contributed by atoms with Crippen LogP contribution in [0.15, 0.2) is 30.3 Å². The molecule has 1 aromatic carbocycles. The van der Waals surface area contributed by atoms with Crippen molar-refractivity contribution in [3.63, 3.8) is 0 Å². The van der Waals surface area contributed by atoms with Crippen molar-refractivity contribution < 1.29 is 39.1 Å². The van der Waals surface area contributed by atoms with Gasteiger partial charge in [0.1, 0.15) is 31.0 Å². The monoisotopic (exact) mass is 721 g/mol. The average Bonchev–Trinajstić information content (AvgIpc) is 3.14. The third kappa shape index (κ3) is 19.3. The first-order chi connectivity index (χ1) is 24.9. The first-order valence-corrected chi connectivity index (χ1v) is 20.5. The molecule has 1 aliphatic rings. The molecule has 2 amide bonds. The number of hydrogen-bond acceptors (Lipinski definition) is 8. The number of hydrogen-bond donors (Lipinski definition) is 4. The molecular formula is C41H72N2O8. The second kappa shape index (κ2) is 29.1. The summed E-state index contributed by atoms with van der Waals surface area (Å²) in [5, 5.41) is 34.4. The fourth-order valence-corrected chi connectivity index (χ4v) is 6.70. The van der Waals surface area contributed by atoms with E-state index in [1.807, 2.05) is 30.3 Å². The number of nitrogens with one attached hydrogen (secondary N) is 1. The van der Waals surface area contributed by atoms with Gasteiger partial charge in [0.25, 0.3) is 0 Å². The molecule has 0 bridgehead atoms. The van der Waals surface area contributed by atoms with E-state index < -0.39 is 49.4 Å². The third-order valence-corrected chi connectivity index (χ3v) is 9.92. The van der Waals surface area contributed by atoms with Crippen molar-refractivity contribution in [2.75, 3.05) is 19.8 Å². The summed E-state index contributed by atoms with van der Waals surface area (Å²) >= 11 is 0. The minimum Gasteiger partial charge on any atom is -0.449 e. The molecule has 1 aromatic rings. The van der Waals surface area contributed by atoms with Crippen molar-refractivity contribution in [1.82, 2.24) is 10.2 Å². The standard InChI is InChI=1S/C41H72N2O8/c1-3-5-7-9-11-13-15-16-17-19-21-26-30-43(41(48)49-31-27-22-20-18-14-12-10-8-6-4-2)39-36(38(46)37(45)35(32-44)51-39)42-40(47)50-33-34-28-24-23-25-29-34/h23-25,28-29,35-39,44-46H,3-22,26-27,30-33H2,1-2H3,(H,42,47)/t35-,36-,37+,38-,39-/m1/s1. The Morgan fingerprint density at radius 2 is 1.18 bits per heavy atom. The van der Waals surface area contributed by atoms with Gasteiger partial charge in [-0.25, -0.2) is 9.59 Å². The number of alkyl carbamates (subject to hydrolysis) is 1. The lowest BCUT2D eigenvalue weighted by molar-refractivity contribution is -0.225. The van der Waals surface area contributed by atoms with E-state index in [0.717, 1.165) is 44.1 Å². The molecule has 0 aromatic heterocycles. The zero-order valence-electron chi connectivity index (χ0n) is 32.0. The number of benzene rings is 1. The van der Waals surface area contributed by atoms with Gasteiger partial charge in [0.05, 0.1) is 13.2 Å². The van der Waals surface area contributed by atoms with Gasteiger partial charge in [-0.1, -0.05) is 173 Å². The van der Waals surface area contributed by atoms with Gasteiger partial charge in [0.2, 0.25) is 0 Å². The number of unbranched alkanes of at least 4 members (excludes halogenated alkanes) is 20. The first-order valence-electron chi connectivity index (χ1n) is 20.5. The highest BCUT2D eigenvalue weighted by atomic mass is 16.6. The number of amides is 2. The van der Waals surface area contributed by atoms with E-state index in [-0.39, 0.29) is 19.8 Å². The van der Waals surface area contributed by atoms with Crippen molar-refractivity contribution >= 4 is 12.2 Å². The fraction of sp³-hybridized carbons (Fsp3) is 0.805. The van der Waals surface area contributed by atoms with E-state index >= 15 is 0 Å². The summed E-state index contributed by atoms with van der Waals surface area (Å²) in [4.78, 5) is 27.9. The lowest BCUT2D eigenvalue weighted by Crippen LogP contribution is -2.69. The van der Waals surface area contributed by atoms with Crippen molar-refractivity contribution in [2.24, 2.45) is 0 Å². The van der Waals surface area contributed by atoms with Crippen LogP contribution in [-0.4, -0.2) is 82.7 Å². The van der Waals surface area contributed by atoms with E-state index in [1.54, 1.807) is 0 Å². The normalized spacial score (nSPS) is 20.2. The molecule has 1 fully saturated rings. The summed E-state index contributed by atoms with van der Waals surface area (Å²) in [5.41, 5.74) is 0.786. The van der Waals surface area contributed by atoms with Gasteiger partial charge in [0, 0.05) is 6.54 Å². The quantitative estimate of drug-likeness (QED) is 0.0603. The van der Waals surface area contributed by atoms with Crippen LogP contribution in [0.5, 0.6) is 0 Å². The summed E-state index contributed by atoms with van der Waals surface area (Å²) in [7, 11) is 0. The molecule has 0 saturated carbocycles. The van der Waals surface area contributed by atoms with E-state index in [9.17, 15) is 24.9 Å². The molecule has 10 heteroatoms. The Balaban J connectivity index is 1.96. The van der Waals surface area contributed by atoms with Crippen LogP contribution in [0.25, 0.3) is 0 Å². The number of aliphatic hydroxyl groups is 3. The third-order valence-electron chi connectivity index (χ3n) is 9.92. The van der Waals surface area contributed by atoms with Gasteiger partial charge in [-0.2, -0.15) is 0 Å². The Kier molecular flexibility index (Phi) is 25.5. The maximum Gasteiger partial charge on any atom is 0.411 e. The minimum atomic E-state index is -1.52. The first kappa shape index (κ1) is 44.8. The minimum absolute atomic E-state index is 0.00625. The highest BCUT2D eigenvalue weighted by Crippen LogP contribution is 2.26. The van der Waals surface area contributed by atoms with Crippen LogP contribution in [0.1, 0.15) is 161 Å². The number of aliphatic hydroxyl groups excluding tert-OH is 3. The van der Waals surface area contributed by atoms with Gasteiger partial charge in [-0.3, -0.25) is 4.90 Å². The lowest BCUT2D eigenvalue weighted by Gasteiger charge is -2.46. The van der Waals surface area contributed by atoms with Crippen LogP contribution in [0, 0.1) is 0 Å². The second-order valence-electron chi connectivity index (χ2n) is 14.3. The Hall–Kier alpha value is -2.40. The largest absolute Gasteiger partial charge is 0.449 e. The highest BCUT2D eigenvalue weighted by molar-refractivity contribution is 5.69. The molecule has 0 aliphatic carbocycles. The van der Waals surface area contributed by atoms with Crippen LogP contribution >= 0.6 is 0 Å². The van der Waals surface area contributed by atoms with Gasteiger partial charge >= 0.3 is 12.2 Å². The number of carbonyl (C=O) groups excluding carboxylic acids is 2. The number of nitrogens with zero attached hydrogens (tertiary/aromatic N) is 1. The van der Waals surface area contributed by atoms with E-state index in [4.69, 9.17) is 14.2 Å². The molecule has 10 nitrogen and oxygen atoms in total. The van der Waals surface area contributed by atoms with Crippen molar-refractivity contribution in [1.29, 1.82) is 0 Å². The van der Waals surface area contributed by atoms with E-state index in [1.165, 1.54) is 101 Å². The number of ether oxygens (including phenoxy) is 3. The van der Waals surface area contributed by atoms with Crippen molar-refractivity contribution in [2.45, 2.75) is 192 Å². The van der Waals surface area contributed by atoms with Gasteiger partial charge in [-0.15, -0.1) is 0 Å². The van der Waals surface area contributed by atoms with Crippen LogP contribution in [0.3, 0.4) is 0 Å². The molecule has 1 aliphatic heterocycles. The molecular weight excluding hydrogens is 648 g/mol. The lowest BCUT2D eigenvalue weighted by atomic mass is 9.95. The molecule has 2 rings (SSSR count). The smallest absolute Gasteiger partial charge is 0.411 e. The molecule has 0 unspecified atom stereocenters. The van der Waals surface area contributed by atoms with Crippen LogP contribution in [0.4, 0.5) is 9.59 Å². The highest BCUT2D eigenvalue weighted by Gasteiger charge is 2.48. The molecule has 1 heterocycles. The van der Waals surface area contributed by atoms with Crippen LogP contribution in [-0.2, 0) is 20.8 Å². The molecule has 0 radical (unpaired) electrons. The summed E-state index contributed by atoms with van der Waals surface area (Å²) in [6.45, 7) is 4.43. The maximum absolute atomic E-state index is 13.6. The Morgan fingerprint density at radius 1 is 0.686 bits per heavy atom. The maximum atomic E-state index is 13.6. The molecule has 4 N–H and O–H groups in total. The van der Waals surface area contributed by atoms with Gasteiger partial charge < -0.3 is 34.8 Å². The Morgan fingerprint density at radius 3 is 1.69 bits per heavy atom. The van der Waals surface area contributed by atoms with Crippen LogP contribution in [0.2, 0.25) is 0 Å². The summed E-state index contributed by atoms with van der Waals surface area (Å²) < 4.78 is 17.2. The van der Waals surface area contributed by atoms with Crippen LogP contribution < -0.4 is 5.32 Å². The summed E-state index contributed by atoms with van der Waals surface area (Å²) in [5.74, 6) is 0.